The summed E-state index contributed by atoms with van der Waals surface area (Å²) in [5.74, 6) is 0.317. The van der Waals surface area contributed by atoms with E-state index in [1.54, 1.807) is 24.5 Å². The van der Waals surface area contributed by atoms with Crippen molar-refractivity contribution in [3.05, 3.63) is 58.4 Å². The Kier molecular flexibility index (Phi) is 4.34. The summed E-state index contributed by atoms with van der Waals surface area (Å²) >= 11 is 1.17. The first kappa shape index (κ1) is 15.8. The first-order valence-electron chi connectivity index (χ1n) is 6.84. The molecule has 1 N–H and O–H groups in total. The molecule has 0 aliphatic rings. The Morgan fingerprint density at radius 1 is 1.25 bits per heavy atom. The lowest BCUT2D eigenvalue weighted by Crippen LogP contribution is -1.98. The van der Waals surface area contributed by atoms with Gasteiger partial charge in [-0.05, 0) is 36.9 Å². The van der Waals surface area contributed by atoms with Crippen molar-refractivity contribution in [2.45, 2.75) is 17.0 Å². The van der Waals surface area contributed by atoms with Crippen LogP contribution >= 0.6 is 11.8 Å². The molecular weight excluding hydrogens is 330 g/mol. The van der Waals surface area contributed by atoms with Crippen molar-refractivity contribution in [3.8, 4) is 11.4 Å². The van der Waals surface area contributed by atoms with Crippen LogP contribution in [0.15, 0.2) is 52.8 Å². The molecule has 0 spiro atoms. The van der Waals surface area contributed by atoms with E-state index in [2.05, 4.69) is 20.2 Å². The van der Waals surface area contributed by atoms with Crippen molar-refractivity contribution in [2.24, 2.45) is 0 Å². The lowest BCUT2D eigenvalue weighted by molar-refractivity contribution is -0.384. The molecule has 0 unspecified atom stereocenters. The first-order chi connectivity index (χ1) is 11.5. The molecule has 0 amide bonds. The Labute approximate surface area is 140 Å². The van der Waals surface area contributed by atoms with E-state index in [4.69, 9.17) is 0 Å². The number of aromatic nitrogens is 4. The number of hydrogen-bond donors (Lipinski definition) is 1. The molecule has 0 fully saturated rings. The highest BCUT2D eigenvalue weighted by molar-refractivity contribution is 7.99. The maximum absolute atomic E-state index is 11.8. The molecule has 3 aromatic rings. The average molecular weight is 341 g/mol. The van der Waals surface area contributed by atoms with Gasteiger partial charge in [0.05, 0.1) is 4.92 Å². The number of pyridine rings is 1. The van der Waals surface area contributed by atoms with E-state index in [9.17, 15) is 14.9 Å². The molecule has 24 heavy (non-hydrogen) atoms. The number of Topliss-reactive ketones (excluding diaryl/α,β-unsaturated/α-hetero) is 1. The number of rotatable bonds is 5. The maximum atomic E-state index is 11.8. The second-order valence-corrected chi connectivity index (χ2v) is 5.81. The van der Waals surface area contributed by atoms with Gasteiger partial charge in [-0.1, -0.05) is 0 Å². The number of benzene rings is 1. The summed E-state index contributed by atoms with van der Waals surface area (Å²) < 4.78 is 0. The van der Waals surface area contributed by atoms with Crippen molar-refractivity contribution < 1.29 is 9.72 Å². The SMILES string of the molecule is CC(=O)c1cc([N+](=O)[O-])ccc1Sc1n[nH]c(-c2ccncc2)n1. The minimum Gasteiger partial charge on any atom is -0.294 e. The summed E-state index contributed by atoms with van der Waals surface area (Å²) in [6, 6.07) is 7.73. The van der Waals surface area contributed by atoms with Gasteiger partial charge in [0.1, 0.15) is 0 Å². The second-order valence-electron chi connectivity index (χ2n) is 4.80. The molecule has 0 bridgehead atoms. The first-order valence-corrected chi connectivity index (χ1v) is 7.66. The van der Waals surface area contributed by atoms with E-state index in [-0.39, 0.29) is 17.0 Å². The van der Waals surface area contributed by atoms with Crippen molar-refractivity contribution in [1.82, 2.24) is 20.2 Å². The quantitative estimate of drug-likeness (QED) is 0.430. The van der Waals surface area contributed by atoms with E-state index in [0.29, 0.717) is 15.9 Å². The number of hydrogen-bond acceptors (Lipinski definition) is 7. The molecule has 2 heterocycles. The number of non-ortho nitro benzene ring substituents is 1. The molecule has 120 valence electrons. The highest BCUT2D eigenvalue weighted by atomic mass is 32.2. The molecule has 8 nitrogen and oxygen atoms in total. The van der Waals surface area contributed by atoms with Gasteiger partial charge >= 0.3 is 0 Å². The number of carbonyl (C=O) groups excluding carboxylic acids is 1. The molecule has 2 aromatic heterocycles. The average Bonchev–Trinajstić information content (AvgIpc) is 3.04. The summed E-state index contributed by atoms with van der Waals surface area (Å²) in [5, 5.41) is 18.2. The Balaban J connectivity index is 1.90. The molecule has 3 rings (SSSR count). The molecule has 0 radical (unpaired) electrons. The van der Waals surface area contributed by atoms with Crippen molar-refractivity contribution in [2.75, 3.05) is 0 Å². The van der Waals surface area contributed by atoms with Crippen LogP contribution in [0.25, 0.3) is 11.4 Å². The predicted octanol–water partition coefficient (Wildman–Crippen LogP) is 3.13. The number of H-pyrrole nitrogens is 1. The van der Waals surface area contributed by atoms with Crippen LogP contribution in [0.4, 0.5) is 5.69 Å². The summed E-state index contributed by atoms with van der Waals surface area (Å²) in [5.41, 5.74) is 0.973. The molecule has 0 saturated carbocycles. The van der Waals surface area contributed by atoms with Gasteiger partial charge in [0.15, 0.2) is 11.6 Å². The monoisotopic (exact) mass is 341 g/mol. The van der Waals surface area contributed by atoms with Crippen molar-refractivity contribution in [1.29, 1.82) is 0 Å². The van der Waals surface area contributed by atoms with Gasteiger partial charge in [-0.25, -0.2) is 4.98 Å². The summed E-state index contributed by atoms with van der Waals surface area (Å²) in [7, 11) is 0. The largest absolute Gasteiger partial charge is 0.294 e. The molecular formula is C15H11N5O3S. The van der Waals surface area contributed by atoms with Crippen LogP contribution < -0.4 is 0 Å². The van der Waals surface area contributed by atoms with E-state index in [0.717, 1.165) is 5.56 Å². The molecule has 0 aliphatic heterocycles. The highest BCUT2D eigenvalue weighted by Gasteiger charge is 2.16. The summed E-state index contributed by atoms with van der Waals surface area (Å²) in [4.78, 5) is 31.0. The zero-order valence-electron chi connectivity index (χ0n) is 12.5. The van der Waals surface area contributed by atoms with Crippen LogP contribution in [0.3, 0.4) is 0 Å². The van der Waals surface area contributed by atoms with Gasteiger partial charge in [0, 0.05) is 40.5 Å². The number of nitrogens with zero attached hydrogens (tertiary/aromatic N) is 4. The fraction of sp³-hybridized carbons (Fsp3) is 0.0667. The third-order valence-electron chi connectivity index (χ3n) is 3.17. The molecule has 9 heteroatoms. The second kappa shape index (κ2) is 6.59. The normalized spacial score (nSPS) is 10.5. The van der Waals surface area contributed by atoms with Crippen LogP contribution in [0, 0.1) is 10.1 Å². The van der Waals surface area contributed by atoms with Gasteiger partial charge in [0.2, 0.25) is 5.16 Å². The number of carbonyl (C=O) groups is 1. The van der Waals surface area contributed by atoms with E-state index in [1.165, 1.54) is 36.9 Å². The number of nitro groups is 1. The predicted molar refractivity (Wildman–Crippen MR) is 86.8 cm³/mol. The number of nitro benzene ring substituents is 1. The zero-order chi connectivity index (χ0) is 17.1. The minimum atomic E-state index is -0.533. The van der Waals surface area contributed by atoms with Gasteiger partial charge in [0.25, 0.3) is 5.69 Å². The number of nitrogens with one attached hydrogen (secondary N) is 1. The maximum Gasteiger partial charge on any atom is 0.270 e. The molecule has 1 aromatic carbocycles. The van der Waals surface area contributed by atoms with Gasteiger partial charge in [-0.15, -0.1) is 5.10 Å². The summed E-state index contributed by atoms with van der Waals surface area (Å²) in [6.07, 6.45) is 3.30. The fourth-order valence-corrected chi connectivity index (χ4v) is 2.90. The standard InChI is InChI=1S/C15H11N5O3S/c1-9(21)12-8-11(20(22)23)2-3-13(12)24-15-17-14(18-19-15)10-4-6-16-7-5-10/h2-8H,1H3,(H,17,18,19). The third-order valence-corrected chi connectivity index (χ3v) is 4.11. The van der Waals surface area contributed by atoms with E-state index >= 15 is 0 Å². The van der Waals surface area contributed by atoms with E-state index in [1.807, 2.05) is 0 Å². The zero-order valence-corrected chi connectivity index (χ0v) is 13.3. The number of ketones is 1. The molecule has 0 saturated heterocycles. The highest BCUT2D eigenvalue weighted by Crippen LogP contribution is 2.31. The number of aromatic amines is 1. The van der Waals surface area contributed by atoms with Gasteiger partial charge < -0.3 is 0 Å². The Morgan fingerprint density at radius 2 is 2.00 bits per heavy atom. The van der Waals surface area contributed by atoms with Crippen LogP contribution in [-0.4, -0.2) is 30.9 Å². The third kappa shape index (κ3) is 3.30. The molecule has 0 atom stereocenters. The molecule has 0 aliphatic carbocycles. The van der Waals surface area contributed by atoms with Crippen molar-refractivity contribution >= 4 is 23.2 Å². The topological polar surface area (TPSA) is 115 Å². The lowest BCUT2D eigenvalue weighted by Gasteiger charge is -2.03. The Bertz CT molecular complexity index is 910. The van der Waals surface area contributed by atoms with Crippen LogP contribution in [0.5, 0.6) is 0 Å². The lowest BCUT2D eigenvalue weighted by atomic mass is 10.1. The fourth-order valence-electron chi connectivity index (χ4n) is 2.02. The van der Waals surface area contributed by atoms with E-state index < -0.39 is 4.92 Å². The smallest absolute Gasteiger partial charge is 0.270 e. The minimum absolute atomic E-state index is 0.128. The van der Waals surface area contributed by atoms with Gasteiger partial charge in [-0.3, -0.25) is 25.0 Å². The summed E-state index contributed by atoms with van der Waals surface area (Å²) in [6.45, 7) is 1.36. The Morgan fingerprint density at radius 3 is 2.67 bits per heavy atom. The van der Waals surface area contributed by atoms with Gasteiger partial charge in [-0.2, -0.15) is 0 Å². The van der Waals surface area contributed by atoms with Crippen molar-refractivity contribution in [3.63, 3.8) is 0 Å². The van der Waals surface area contributed by atoms with Crippen LogP contribution in [0.2, 0.25) is 0 Å². The Hall–Kier alpha value is -3.07. The van der Waals surface area contributed by atoms with Crippen LogP contribution in [-0.2, 0) is 0 Å². The van der Waals surface area contributed by atoms with Crippen LogP contribution in [0.1, 0.15) is 17.3 Å².